The number of carbonyl (C=O) groups is 1. The summed E-state index contributed by atoms with van der Waals surface area (Å²) in [7, 11) is 0. The van der Waals surface area contributed by atoms with Crippen LogP contribution < -0.4 is 11.1 Å². The molecule has 3 N–H and O–H groups in total. The fourth-order valence-corrected chi connectivity index (χ4v) is 5.25. The number of rotatable bonds is 4. The summed E-state index contributed by atoms with van der Waals surface area (Å²) < 4.78 is 0. The second kappa shape index (κ2) is 4.84. The van der Waals surface area contributed by atoms with Crippen LogP contribution in [0.15, 0.2) is 0 Å². The Morgan fingerprint density at radius 2 is 1.72 bits per heavy atom. The van der Waals surface area contributed by atoms with Gasteiger partial charge in [0.05, 0.1) is 0 Å². The van der Waals surface area contributed by atoms with Gasteiger partial charge in [-0.25, -0.2) is 0 Å². The maximum atomic E-state index is 11.2. The van der Waals surface area contributed by atoms with Crippen LogP contribution in [0, 0.1) is 29.6 Å². The van der Waals surface area contributed by atoms with Gasteiger partial charge in [-0.3, -0.25) is 4.79 Å². The molecule has 1 unspecified atom stereocenters. The average Bonchev–Trinajstić information content (AvgIpc) is 2.30. The van der Waals surface area contributed by atoms with Gasteiger partial charge in [-0.15, -0.1) is 0 Å². The van der Waals surface area contributed by atoms with Crippen LogP contribution in [0.3, 0.4) is 0 Å². The fourth-order valence-electron chi connectivity index (χ4n) is 5.25. The van der Waals surface area contributed by atoms with Gasteiger partial charge < -0.3 is 11.1 Å². The largest absolute Gasteiger partial charge is 0.352 e. The van der Waals surface area contributed by atoms with Crippen LogP contribution in [0.4, 0.5) is 0 Å². The van der Waals surface area contributed by atoms with Gasteiger partial charge in [-0.2, -0.15) is 0 Å². The molecular formula is C15H26N2O. The summed E-state index contributed by atoms with van der Waals surface area (Å²) in [5, 5.41) is 3.02. The van der Waals surface area contributed by atoms with E-state index in [1.54, 1.807) is 6.92 Å². The molecule has 3 nitrogen and oxygen atoms in total. The van der Waals surface area contributed by atoms with E-state index in [0.29, 0.717) is 6.54 Å². The van der Waals surface area contributed by atoms with Gasteiger partial charge in [0.1, 0.15) is 0 Å². The minimum Gasteiger partial charge on any atom is -0.352 e. The summed E-state index contributed by atoms with van der Waals surface area (Å²) in [4.78, 5) is 11.2. The van der Waals surface area contributed by atoms with Crippen LogP contribution in [-0.2, 0) is 4.79 Å². The topological polar surface area (TPSA) is 55.1 Å². The molecule has 4 aliphatic rings. The Morgan fingerprint density at radius 1 is 1.17 bits per heavy atom. The SMILES string of the molecule is CC(=O)NC(CN)CC1C2CC3CC(C2)CC1C3. The smallest absolute Gasteiger partial charge is 0.217 e. The molecule has 4 saturated carbocycles. The van der Waals surface area contributed by atoms with E-state index in [1.807, 2.05) is 0 Å². The van der Waals surface area contributed by atoms with Gasteiger partial charge in [0.2, 0.25) is 5.91 Å². The minimum atomic E-state index is 0.0641. The number of hydrogen-bond acceptors (Lipinski definition) is 2. The molecule has 0 aromatic rings. The molecule has 0 radical (unpaired) electrons. The normalized spacial score (nSPS) is 42.9. The zero-order chi connectivity index (χ0) is 12.7. The van der Waals surface area contributed by atoms with Crippen molar-refractivity contribution in [3.05, 3.63) is 0 Å². The average molecular weight is 250 g/mol. The Kier molecular flexibility index (Phi) is 3.35. The van der Waals surface area contributed by atoms with Crippen molar-refractivity contribution in [3.8, 4) is 0 Å². The minimum absolute atomic E-state index is 0.0641. The van der Waals surface area contributed by atoms with Gasteiger partial charge in [0.15, 0.2) is 0 Å². The zero-order valence-corrected chi connectivity index (χ0v) is 11.4. The molecule has 18 heavy (non-hydrogen) atoms. The van der Waals surface area contributed by atoms with E-state index in [0.717, 1.165) is 36.0 Å². The van der Waals surface area contributed by atoms with E-state index in [1.165, 1.54) is 32.1 Å². The molecule has 4 rings (SSSR count). The van der Waals surface area contributed by atoms with Crippen molar-refractivity contribution in [2.24, 2.45) is 35.3 Å². The second-order valence-corrected chi connectivity index (χ2v) is 6.96. The molecule has 0 heterocycles. The van der Waals surface area contributed by atoms with Crippen molar-refractivity contribution >= 4 is 5.91 Å². The van der Waals surface area contributed by atoms with Gasteiger partial charge in [-0.05, 0) is 68.1 Å². The lowest BCUT2D eigenvalue weighted by atomic mass is 9.51. The molecule has 0 aromatic heterocycles. The maximum Gasteiger partial charge on any atom is 0.217 e. The fraction of sp³-hybridized carbons (Fsp3) is 0.933. The highest BCUT2D eigenvalue weighted by atomic mass is 16.1. The quantitative estimate of drug-likeness (QED) is 0.801. The summed E-state index contributed by atoms with van der Waals surface area (Å²) in [6.07, 6.45) is 8.44. The van der Waals surface area contributed by atoms with Crippen LogP contribution in [-0.4, -0.2) is 18.5 Å². The number of nitrogens with two attached hydrogens (primary N) is 1. The van der Waals surface area contributed by atoms with E-state index in [4.69, 9.17) is 5.73 Å². The Hall–Kier alpha value is -0.570. The van der Waals surface area contributed by atoms with Crippen molar-refractivity contribution in [1.29, 1.82) is 0 Å². The highest BCUT2D eigenvalue weighted by Gasteiger charge is 2.48. The molecule has 0 aromatic carbocycles. The van der Waals surface area contributed by atoms with Gasteiger partial charge in [0, 0.05) is 19.5 Å². The lowest BCUT2D eigenvalue weighted by Crippen LogP contribution is -2.49. The van der Waals surface area contributed by atoms with Gasteiger partial charge in [-0.1, -0.05) is 0 Å². The van der Waals surface area contributed by atoms with Crippen molar-refractivity contribution in [2.75, 3.05) is 6.54 Å². The van der Waals surface area contributed by atoms with E-state index in [-0.39, 0.29) is 11.9 Å². The van der Waals surface area contributed by atoms with E-state index in [2.05, 4.69) is 5.32 Å². The highest BCUT2D eigenvalue weighted by molar-refractivity contribution is 5.73. The molecule has 1 atom stereocenters. The Bertz CT molecular complexity index is 300. The van der Waals surface area contributed by atoms with E-state index in [9.17, 15) is 4.79 Å². The Labute approximate surface area is 110 Å². The summed E-state index contributed by atoms with van der Waals surface area (Å²) in [5.74, 6) is 4.82. The first kappa shape index (κ1) is 12.5. The lowest BCUT2D eigenvalue weighted by molar-refractivity contribution is -0.120. The van der Waals surface area contributed by atoms with Crippen LogP contribution in [0.1, 0.15) is 45.4 Å². The standard InChI is InChI=1S/C15H26N2O/c1-9(18)17-14(8-16)7-15-12-3-10-2-11(5-12)6-13(15)4-10/h10-15H,2-8,16H2,1H3,(H,17,18). The van der Waals surface area contributed by atoms with E-state index < -0.39 is 0 Å². The molecule has 4 fully saturated rings. The number of carbonyl (C=O) groups excluding carboxylic acids is 1. The van der Waals surface area contributed by atoms with Gasteiger partial charge >= 0.3 is 0 Å². The molecule has 0 aliphatic heterocycles. The van der Waals surface area contributed by atoms with Crippen LogP contribution >= 0.6 is 0 Å². The molecule has 0 saturated heterocycles. The Balaban J connectivity index is 1.64. The van der Waals surface area contributed by atoms with Crippen LogP contribution in [0.5, 0.6) is 0 Å². The molecular weight excluding hydrogens is 224 g/mol. The summed E-state index contributed by atoms with van der Waals surface area (Å²) in [5.41, 5.74) is 5.81. The molecule has 0 spiro atoms. The summed E-state index contributed by atoms with van der Waals surface area (Å²) in [6.45, 7) is 2.18. The number of amides is 1. The third kappa shape index (κ3) is 2.29. The first-order valence-electron chi connectivity index (χ1n) is 7.62. The molecule has 1 amide bonds. The van der Waals surface area contributed by atoms with E-state index >= 15 is 0 Å². The predicted molar refractivity (Wildman–Crippen MR) is 71.8 cm³/mol. The summed E-state index contributed by atoms with van der Waals surface area (Å²) in [6, 6.07) is 0.199. The predicted octanol–water partition coefficient (Wildman–Crippen LogP) is 1.91. The Morgan fingerprint density at radius 3 is 2.17 bits per heavy atom. The third-order valence-electron chi connectivity index (χ3n) is 5.67. The lowest BCUT2D eigenvalue weighted by Gasteiger charge is -2.55. The maximum absolute atomic E-state index is 11.2. The number of nitrogens with one attached hydrogen (secondary N) is 1. The number of hydrogen-bond donors (Lipinski definition) is 2. The molecule has 4 aliphatic carbocycles. The molecule has 3 heteroatoms. The van der Waals surface area contributed by atoms with Crippen molar-refractivity contribution in [2.45, 2.75) is 51.5 Å². The highest BCUT2D eigenvalue weighted by Crippen LogP contribution is 2.57. The van der Waals surface area contributed by atoms with Crippen molar-refractivity contribution < 1.29 is 4.79 Å². The third-order valence-corrected chi connectivity index (χ3v) is 5.67. The second-order valence-electron chi connectivity index (χ2n) is 6.96. The first-order valence-corrected chi connectivity index (χ1v) is 7.62. The first-order chi connectivity index (χ1) is 8.65. The zero-order valence-electron chi connectivity index (χ0n) is 11.4. The monoisotopic (exact) mass is 250 g/mol. The van der Waals surface area contributed by atoms with Gasteiger partial charge in [0.25, 0.3) is 0 Å². The molecule has 4 bridgehead atoms. The van der Waals surface area contributed by atoms with Crippen molar-refractivity contribution in [3.63, 3.8) is 0 Å². The van der Waals surface area contributed by atoms with Crippen LogP contribution in [0.25, 0.3) is 0 Å². The van der Waals surface area contributed by atoms with Crippen molar-refractivity contribution in [1.82, 2.24) is 5.32 Å². The summed E-state index contributed by atoms with van der Waals surface area (Å²) >= 11 is 0. The van der Waals surface area contributed by atoms with Crippen LogP contribution in [0.2, 0.25) is 0 Å². The molecule has 102 valence electrons.